The van der Waals surface area contributed by atoms with Gasteiger partial charge in [0, 0.05) is 25.2 Å². The average Bonchev–Trinajstić information content (AvgIpc) is 3.16. The number of amides is 2. The summed E-state index contributed by atoms with van der Waals surface area (Å²) in [6, 6.07) is 8.54. The lowest BCUT2D eigenvalue weighted by Gasteiger charge is -2.36. The fourth-order valence-corrected chi connectivity index (χ4v) is 3.97. The van der Waals surface area contributed by atoms with Gasteiger partial charge in [-0.15, -0.1) is 0 Å². The Morgan fingerprint density at radius 2 is 1.85 bits per heavy atom. The summed E-state index contributed by atoms with van der Waals surface area (Å²) in [6.45, 7) is 7.06. The number of anilines is 1. The first-order valence-corrected chi connectivity index (χ1v) is 10.1. The summed E-state index contributed by atoms with van der Waals surface area (Å²) >= 11 is 0. The van der Waals surface area contributed by atoms with E-state index in [9.17, 15) is 4.79 Å². The van der Waals surface area contributed by atoms with Crippen LogP contribution < -0.4 is 15.4 Å². The molecule has 0 spiro atoms. The molecule has 1 aromatic rings. The van der Waals surface area contributed by atoms with Crippen molar-refractivity contribution in [2.24, 2.45) is 5.92 Å². The highest BCUT2D eigenvalue weighted by molar-refractivity contribution is 5.91. The number of para-hydroxylation sites is 2. The minimum atomic E-state index is -0.134. The zero-order valence-electron chi connectivity index (χ0n) is 16.2. The molecule has 1 saturated heterocycles. The summed E-state index contributed by atoms with van der Waals surface area (Å²) in [5.74, 6) is 1.18. The van der Waals surface area contributed by atoms with Crippen molar-refractivity contribution >= 4 is 11.7 Å². The maximum absolute atomic E-state index is 12.4. The van der Waals surface area contributed by atoms with Crippen molar-refractivity contribution in [2.45, 2.75) is 64.5 Å². The number of urea groups is 1. The van der Waals surface area contributed by atoms with Gasteiger partial charge in [0.15, 0.2) is 0 Å². The molecule has 0 aromatic heterocycles. The molecule has 26 heavy (non-hydrogen) atoms. The molecule has 1 aliphatic carbocycles. The molecule has 5 heteroatoms. The molecule has 0 atom stereocenters. The van der Waals surface area contributed by atoms with Crippen LogP contribution in [0.4, 0.5) is 10.5 Å². The molecule has 2 N–H and O–H groups in total. The number of carbonyl (C=O) groups excluding carboxylic acids is 1. The van der Waals surface area contributed by atoms with E-state index in [0.717, 1.165) is 43.4 Å². The van der Waals surface area contributed by atoms with Crippen molar-refractivity contribution in [2.75, 3.05) is 25.0 Å². The van der Waals surface area contributed by atoms with E-state index in [2.05, 4.69) is 29.4 Å². The number of benzene rings is 1. The van der Waals surface area contributed by atoms with Crippen molar-refractivity contribution in [1.29, 1.82) is 0 Å². The van der Waals surface area contributed by atoms with Crippen LogP contribution in [-0.4, -0.2) is 42.7 Å². The summed E-state index contributed by atoms with van der Waals surface area (Å²) in [4.78, 5) is 15.0. The van der Waals surface area contributed by atoms with Crippen LogP contribution in [0.3, 0.4) is 0 Å². The molecule has 1 heterocycles. The van der Waals surface area contributed by atoms with Gasteiger partial charge >= 0.3 is 6.03 Å². The normalized spacial score (nSPS) is 19.7. The van der Waals surface area contributed by atoms with Crippen LogP contribution in [0.5, 0.6) is 5.75 Å². The zero-order valence-corrected chi connectivity index (χ0v) is 16.2. The quantitative estimate of drug-likeness (QED) is 0.798. The Kier molecular flexibility index (Phi) is 6.78. The lowest BCUT2D eigenvalue weighted by atomic mass is 10.0. The molecule has 1 saturated carbocycles. The average molecular weight is 360 g/mol. The van der Waals surface area contributed by atoms with Crippen LogP contribution in [0, 0.1) is 5.92 Å². The Bertz CT molecular complexity index is 576. The van der Waals surface area contributed by atoms with Crippen LogP contribution in [0.1, 0.15) is 52.4 Å². The van der Waals surface area contributed by atoms with Gasteiger partial charge in [0.1, 0.15) is 5.75 Å². The van der Waals surface area contributed by atoms with E-state index in [1.807, 2.05) is 24.3 Å². The fourth-order valence-electron chi connectivity index (χ4n) is 3.97. The van der Waals surface area contributed by atoms with Crippen molar-refractivity contribution in [3.05, 3.63) is 24.3 Å². The summed E-state index contributed by atoms with van der Waals surface area (Å²) in [7, 11) is 0. The second-order valence-corrected chi connectivity index (χ2v) is 8.05. The molecule has 2 fully saturated rings. The Balaban J connectivity index is 1.46. The number of hydrogen-bond donors (Lipinski definition) is 2. The monoisotopic (exact) mass is 359 g/mol. The second kappa shape index (κ2) is 9.26. The largest absolute Gasteiger partial charge is 0.491 e. The van der Waals surface area contributed by atoms with E-state index in [0.29, 0.717) is 12.5 Å². The molecule has 0 radical (unpaired) electrons. The summed E-state index contributed by atoms with van der Waals surface area (Å²) in [6.07, 6.45) is 7.54. The number of ether oxygens (including phenoxy) is 1. The van der Waals surface area contributed by atoms with Gasteiger partial charge in [0.05, 0.1) is 12.3 Å². The smallest absolute Gasteiger partial charge is 0.319 e. The van der Waals surface area contributed by atoms with E-state index >= 15 is 0 Å². The predicted octanol–water partition coefficient (Wildman–Crippen LogP) is 4.25. The molecule has 0 unspecified atom stereocenters. The van der Waals surface area contributed by atoms with Crippen LogP contribution in [0.2, 0.25) is 0 Å². The van der Waals surface area contributed by atoms with Crippen LogP contribution >= 0.6 is 0 Å². The number of likely N-dealkylation sites (tertiary alicyclic amines) is 1. The Labute approximate surface area is 157 Å². The first kappa shape index (κ1) is 19.0. The number of nitrogens with one attached hydrogen (secondary N) is 2. The van der Waals surface area contributed by atoms with Gasteiger partial charge in [-0.3, -0.25) is 0 Å². The van der Waals surface area contributed by atoms with Crippen molar-refractivity contribution in [3.63, 3.8) is 0 Å². The third-order valence-electron chi connectivity index (χ3n) is 5.41. The SMILES string of the molecule is CC(C)COc1ccccc1NC(=O)NC1CCN(C2CCCC2)CC1. The van der Waals surface area contributed by atoms with E-state index in [4.69, 9.17) is 4.74 Å². The van der Waals surface area contributed by atoms with Crippen molar-refractivity contribution in [1.82, 2.24) is 10.2 Å². The van der Waals surface area contributed by atoms with E-state index in [1.165, 1.54) is 25.7 Å². The van der Waals surface area contributed by atoms with Gasteiger partial charge in [0.2, 0.25) is 0 Å². The molecule has 5 nitrogen and oxygen atoms in total. The molecular formula is C21H33N3O2. The molecule has 2 aliphatic rings. The van der Waals surface area contributed by atoms with Crippen molar-refractivity contribution < 1.29 is 9.53 Å². The molecule has 0 bridgehead atoms. The van der Waals surface area contributed by atoms with Gasteiger partial charge in [-0.25, -0.2) is 4.79 Å². The highest BCUT2D eigenvalue weighted by Crippen LogP contribution is 2.27. The maximum Gasteiger partial charge on any atom is 0.319 e. The third-order valence-corrected chi connectivity index (χ3v) is 5.41. The van der Waals surface area contributed by atoms with E-state index in [1.54, 1.807) is 0 Å². The van der Waals surface area contributed by atoms with Crippen molar-refractivity contribution in [3.8, 4) is 5.75 Å². The summed E-state index contributed by atoms with van der Waals surface area (Å²) in [5, 5.41) is 6.10. The van der Waals surface area contributed by atoms with Gasteiger partial charge in [0.25, 0.3) is 0 Å². The minimum Gasteiger partial charge on any atom is -0.491 e. The molecular weight excluding hydrogens is 326 g/mol. The van der Waals surface area contributed by atoms with Gasteiger partial charge in [-0.1, -0.05) is 38.8 Å². The van der Waals surface area contributed by atoms with Gasteiger partial charge < -0.3 is 20.3 Å². The molecule has 1 aromatic carbocycles. The minimum absolute atomic E-state index is 0.134. The highest BCUT2D eigenvalue weighted by atomic mass is 16.5. The Morgan fingerprint density at radius 3 is 2.54 bits per heavy atom. The lowest BCUT2D eigenvalue weighted by molar-refractivity contribution is 0.147. The topological polar surface area (TPSA) is 53.6 Å². The zero-order chi connectivity index (χ0) is 18.4. The number of hydrogen-bond acceptors (Lipinski definition) is 3. The Hall–Kier alpha value is -1.75. The van der Waals surface area contributed by atoms with E-state index < -0.39 is 0 Å². The number of carbonyl (C=O) groups is 1. The second-order valence-electron chi connectivity index (χ2n) is 8.05. The van der Waals surface area contributed by atoms with Crippen LogP contribution in [0.25, 0.3) is 0 Å². The van der Waals surface area contributed by atoms with Crippen LogP contribution in [0.15, 0.2) is 24.3 Å². The first-order chi connectivity index (χ1) is 12.6. The number of nitrogens with zero attached hydrogens (tertiary/aromatic N) is 1. The number of rotatable bonds is 6. The Morgan fingerprint density at radius 1 is 1.15 bits per heavy atom. The number of piperidine rings is 1. The van der Waals surface area contributed by atoms with Gasteiger partial charge in [-0.2, -0.15) is 0 Å². The molecule has 2 amide bonds. The highest BCUT2D eigenvalue weighted by Gasteiger charge is 2.27. The fraction of sp³-hybridized carbons (Fsp3) is 0.667. The van der Waals surface area contributed by atoms with E-state index in [-0.39, 0.29) is 12.1 Å². The van der Waals surface area contributed by atoms with Crippen LogP contribution in [-0.2, 0) is 0 Å². The first-order valence-electron chi connectivity index (χ1n) is 10.1. The summed E-state index contributed by atoms with van der Waals surface area (Å²) in [5.41, 5.74) is 0.731. The van der Waals surface area contributed by atoms with Gasteiger partial charge in [-0.05, 0) is 43.7 Å². The molecule has 3 rings (SSSR count). The molecule has 1 aliphatic heterocycles. The molecule has 144 valence electrons. The maximum atomic E-state index is 12.4. The third kappa shape index (κ3) is 5.37. The standard InChI is InChI=1S/C21H33N3O2/c1-16(2)15-26-20-10-6-5-9-19(20)23-21(25)22-17-11-13-24(14-12-17)18-7-3-4-8-18/h5-6,9-10,16-18H,3-4,7-8,11-15H2,1-2H3,(H2,22,23,25). The summed E-state index contributed by atoms with van der Waals surface area (Å²) < 4.78 is 5.81. The lowest BCUT2D eigenvalue weighted by Crippen LogP contribution is -2.48. The predicted molar refractivity (Wildman–Crippen MR) is 106 cm³/mol.